The van der Waals surface area contributed by atoms with Crippen molar-refractivity contribution in [2.24, 2.45) is 0 Å². The van der Waals surface area contributed by atoms with Crippen molar-refractivity contribution >= 4 is 17.3 Å². The summed E-state index contributed by atoms with van der Waals surface area (Å²) in [5.74, 6) is -1.04. The summed E-state index contributed by atoms with van der Waals surface area (Å²) in [6.07, 6.45) is 2.69. The van der Waals surface area contributed by atoms with E-state index in [-0.39, 0.29) is 23.3 Å². The van der Waals surface area contributed by atoms with Crippen molar-refractivity contribution in [3.63, 3.8) is 0 Å². The Labute approximate surface area is 109 Å². The maximum absolute atomic E-state index is 13.2. The van der Waals surface area contributed by atoms with Crippen LogP contribution < -0.4 is 10.6 Å². The first-order valence-corrected chi connectivity index (χ1v) is 6.05. The van der Waals surface area contributed by atoms with Crippen LogP contribution in [0.25, 0.3) is 0 Å². The van der Waals surface area contributed by atoms with Gasteiger partial charge in [0.05, 0.1) is 22.7 Å². The van der Waals surface area contributed by atoms with Gasteiger partial charge in [-0.25, -0.2) is 4.39 Å². The van der Waals surface area contributed by atoms with Gasteiger partial charge in [0.15, 0.2) is 0 Å². The summed E-state index contributed by atoms with van der Waals surface area (Å²) >= 11 is 0. The van der Waals surface area contributed by atoms with E-state index in [0.717, 1.165) is 37.6 Å². The summed E-state index contributed by atoms with van der Waals surface area (Å²) in [7, 11) is 0. The topological polar surface area (TPSA) is 84.3 Å². The number of nitrogens with zero attached hydrogens (tertiary/aromatic N) is 1. The van der Waals surface area contributed by atoms with Crippen LogP contribution >= 0.6 is 0 Å². The van der Waals surface area contributed by atoms with Crippen molar-refractivity contribution in [1.29, 1.82) is 0 Å². The van der Waals surface area contributed by atoms with Gasteiger partial charge in [-0.2, -0.15) is 0 Å². The molecule has 1 heterocycles. The molecule has 1 fully saturated rings. The third kappa shape index (κ3) is 3.47. The van der Waals surface area contributed by atoms with E-state index in [4.69, 9.17) is 0 Å². The first-order valence-electron chi connectivity index (χ1n) is 6.05. The standard InChI is InChI=1S/C12H14FN3O3/c13-8-5-9(7-10(6-8)16(18)19)15-12(17)11-3-1-2-4-14-11/h5-7,11,14H,1-4H2,(H,15,17)/t11-/m0/s1. The zero-order valence-electron chi connectivity index (χ0n) is 10.2. The van der Waals surface area contributed by atoms with Crippen LogP contribution in [0.5, 0.6) is 0 Å². The molecule has 1 aliphatic rings. The molecule has 7 heteroatoms. The molecule has 0 saturated carbocycles. The Morgan fingerprint density at radius 1 is 1.42 bits per heavy atom. The fourth-order valence-corrected chi connectivity index (χ4v) is 2.06. The number of anilines is 1. The molecule has 1 aromatic rings. The monoisotopic (exact) mass is 267 g/mol. The smallest absolute Gasteiger partial charge is 0.274 e. The van der Waals surface area contributed by atoms with Crippen LogP contribution in [-0.4, -0.2) is 23.4 Å². The van der Waals surface area contributed by atoms with Crippen LogP contribution in [0.15, 0.2) is 18.2 Å². The third-order valence-corrected chi connectivity index (χ3v) is 2.99. The normalized spacial score (nSPS) is 18.9. The van der Waals surface area contributed by atoms with Gasteiger partial charge in [0.25, 0.3) is 5.69 Å². The van der Waals surface area contributed by atoms with Crippen LogP contribution in [-0.2, 0) is 4.79 Å². The minimum absolute atomic E-state index is 0.101. The van der Waals surface area contributed by atoms with Gasteiger partial charge in [-0.1, -0.05) is 6.42 Å². The van der Waals surface area contributed by atoms with E-state index in [1.165, 1.54) is 0 Å². The maximum atomic E-state index is 13.2. The largest absolute Gasteiger partial charge is 0.324 e. The predicted octanol–water partition coefficient (Wildman–Crippen LogP) is 1.81. The average Bonchev–Trinajstić information content (AvgIpc) is 2.39. The van der Waals surface area contributed by atoms with E-state index in [1.54, 1.807) is 0 Å². The number of hydrogen-bond acceptors (Lipinski definition) is 4. The maximum Gasteiger partial charge on any atom is 0.274 e. The van der Waals surface area contributed by atoms with Crippen molar-refractivity contribution in [2.75, 3.05) is 11.9 Å². The summed E-state index contributed by atoms with van der Waals surface area (Å²) in [4.78, 5) is 21.8. The molecule has 0 bridgehead atoms. The summed E-state index contributed by atoms with van der Waals surface area (Å²) < 4.78 is 13.2. The van der Waals surface area contributed by atoms with Gasteiger partial charge in [0, 0.05) is 6.07 Å². The minimum atomic E-state index is -0.749. The molecule has 0 spiro atoms. The number of non-ortho nitro benzene ring substituents is 1. The molecule has 0 aromatic heterocycles. The van der Waals surface area contributed by atoms with Gasteiger partial charge >= 0.3 is 0 Å². The number of nitrogens with one attached hydrogen (secondary N) is 2. The Bertz CT molecular complexity index is 501. The van der Waals surface area contributed by atoms with E-state index < -0.39 is 10.7 Å². The molecule has 6 nitrogen and oxygen atoms in total. The van der Waals surface area contributed by atoms with Crippen LogP contribution in [0.4, 0.5) is 15.8 Å². The van der Waals surface area contributed by atoms with Gasteiger partial charge in [-0.15, -0.1) is 0 Å². The van der Waals surface area contributed by atoms with Crippen molar-refractivity contribution in [3.8, 4) is 0 Å². The van der Waals surface area contributed by atoms with E-state index >= 15 is 0 Å². The number of nitro benzene ring substituents is 1. The number of nitro groups is 1. The molecule has 0 unspecified atom stereocenters. The fourth-order valence-electron chi connectivity index (χ4n) is 2.06. The second kappa shape index (κ2) is 5.75. The summed E-state index contributed by atoms with van der Waals surface area (Å²) in [5, 5.41) is 16.2. The van der Waals surface area contributed by atoms with E-state index in [0.29, 0.717) is 6.42 Å². The first kappa shape index (κ1) is 13.4. The summed E-state index contributed by atoms with van der Waals surface area (Å²) in [5.41, 5.74) is -0.282. The Morgan fingerprint density at radius 3 is 2.84 bits per heavy atom. The highest BCUT2D eigenvalue weighted by molar-refractivity contribution is 5.95. The Kier molecular flexibility index (Phi) is 4.06. The number of halogens is 1. The Morgan fingerprint density at radius 2 is 2.21 bits per heavy atom. The number of piperidine rings is 1. The van der Waals surface area contributed by atoms with Gasteiger partial charge in [0.1, 0.15) is 5.82 Å². The molecular weight excluding hydrogens is 253 g/mol. The minimum Gasteiger partial charge on any atom is -0.324 e. The number of amides is 1. The molecule has 1 aliphatic heterocycles. The third-order valence-electron chi connectivity index (χ3n) is 2.99. The van der Waals surface area contributed by atoms with Crippen LogP contribution in [0.1, 0.15) is 19.3 Å². The molecule has 1 atom stereocenters. The highest BCUT2D eigenvalue weighted by Crippen LogP contribution is 2.20. The highest BCUT2D eigenvalue weighted by atomic mass is 19.1. The molecule has 2 N–H and O–H groups in total. The van der Waals surface area contributed by atoms with Gasteiger partial charge in [-0.05, 0) is 25.5 Å². The van der Waals surface area contributed by atoms with E-state index in [9.17, 15) is 19.3 Å². The van der Waals surface area contributed by atoms with Crippen LogP contribution in [0, 0.1) is 15.9 Å². The van der Waals surface area contributed by atoms with Crippen LogP contribution in [0.2, 0.25) is 0 Å². The quantitative estimate of drug-likeness (QED) is 0.646. The Hall–Kier alpha value is -2.02. The first-order chi connectivity index (χ1) is 9.06. The average molecular weight is 267 g/mol. The van der Waals surface area contributed by atoms with Crippen molar-refractivity contribution < 1.29 is 14.1 Å². The Balaban J connectivity index is 2.09. The highest BCUT2D eigenvalue weighted by Gasteiger charge is 2.21. The molecular formula is C12H14FN3O3. The molecule has 19 heavy (non-hydrogen) atoms. The second-order valence-electron chi connectivity index (χ2n) is 4.45. The molecule has 1 aromatic carbocycles. The second-order valence-corrected chi connectivity index (χ2v) is 4.45. The molecule has 1 saturated heterocycles. The number of carbonyl (C=O) groups excluding carboxylic acids is 1. The lowest BCUT2D eigenvalue weighted by Gasteiger charge is -2.22. The number of rotatable bonds is 3. The number of hydrogen-bond donors (Lipinski definition) is 2. The summed E-state index contributed by atoms with van der Waals surface area (Å²) in [6.45, 7) is 0.765. The lowest BCUT2D eigenvalue weighted by atomic mass is 10.0. The number of benzene rings is 1. The molecule has 0 aliphatic carbocycles. The molecule has 1 amide bonds. The van der Waals surface area contributed by atoms with Crippen molar-refractivity contribution in [3.05, 3.63) is 34.1 Å². The molecule has 0 radical (unpaired) electrons. The fraction of sp³-hybridized carbons (Fsp3) is 0.417. The van der Waals surface area contributed by atoms with Gasteiger partial charge in [0.2, 0.25) is 5.91 Å². The SMILES string of the molecule is O=C(Nc1cc(F)cc([N+](=O)[O-])c1)[C@@H]1CCCCN1. The lowest BCUT2D eigenvalue weighted by Crippen LogP contribution is -2.43. The molecule has 2 rings (SSSR count). The van der Waals surface area contributed by atoms with Gasteiger partial charge < -0.3 is 10.6 Å². The van der Waals surface area contributed by atoms with E-state index in [2.05, 4.69) is 10.6 Å². The lowest BCUT2D eigenvalue weighted by molar-refractivity contribution is -0.385. The van der Waals surface area contributed by atoms with Crippen molar-refractivity contribution in [2.45, 2.75) is 25.3 Å². The van der Waals surface area contributed by atoms with Crippen LogP contribution in [0.3, 0.4) is 0 Å². The van der Waals surface area contributed by atoms with Crippen molar-refractivity contribution in [1.82, 2.24) is 5.32 Å². The van der Waals surface area contributed by atoms with E-state index in [1.807, 2.05) is 0 Å². The summed E-state index contributed by atoms with van der Waals surface area (Å²) in [6, 6.07) is 2.70. The zero-order chi connectivity index (χ0) is 13.8. The number of carbonyl (C=O) groups is 1. The predicted molar refractivity (Wildman–Crippen MR) is 67.3 cm³/mol. The van der Waals surface area contributed by atoms with Gasteiger partial charge in [-0.3, -0.25) is 14.9 Å². The molecule has 102 valence electrons. The zero-order valence-corrected chi connectivity index (χ0v) is 10.2.